The van der Waals surface area contributed by atoms with Gasteiger partial charge in [-0.25, -0.2) is 0 Å². The number of amides is 1. The number of thiophene rings is 2. The second-order valence-electron chi connectivity index (χ2n) is 4.90. The van der Waals surface area contributed by atoms with Crippen LogP contribution in [0.1, 0.15) is 21.3 Å². The molecule has 1 fully saturated rings. The van der Waals surface area contributed by atoms with Gasteiger partial charge in [-0.15, -0.1) is 11.3 Å². The average molecular weight is 322 g/mol. The van der Waals surface area contributed by atoms with Gasteiger partial charge < -0.3 is 10.1 Å². The van der Waals surface area contributed by atoms with Gasteiger partial charge in [0.2, 0.25) is 0 Å². The van der Waals surface area contributed by atoms with Gasteiger partial charge in [-0.3, -0.25) is 9.69 Å². The Kier molecular flexibility index (Phi) is 5.03. The third kappa shape index (κ3) is 3.71. The highest BCUT2D eigenvalue weighted by molar-refractivity contribution is 7.10. The van der Waals surface area contributed by atoms with E-state index in [9.17, 15) is 4.79 Å². The molecule has 0 spiro atoms. The lowest BCUT2D eigenvalue weighted by molar-refractivity contribution is 0.0169. The number of hydrogen-bond acceptors (Lipinski definition) is 5. The van der Waals surface area contributed by atoms with Gasteiger partial charge in [-0.05, 0) is 22.9 Å². The molecule has 1 aliphatic heterocycles. The van der Waals surface area contributed by atoms with E-state index in [1.54, 1.807) is 22.7 Å². The van der Waals surface area contributed by atoms with E-state index in [1.165, 1.54) is 4.88 Å². The molecule has 6 heteroatoms. The predicted molar refractivity (Wildman–Crippen MR) is 86.1 cm³/mol. The first-order valence-corrected chi connectivity index (χ1v) is 8.82. The number of nitrogens with zero attached hydrogens (tertiary/aromatic N) is 1. The summed E-state index contributed by atoms with van der Waals surface area (Å²) in [5.41, 5.74) is 0.743. The molecule has 1 amide bonds. The first-order chi connectivity index (χ1) is 10.3. The lowest BCUT2D eigenvalue weighted by Crippen LogP contribution is -2.43. The summed E-state index contributed by atoms with van der Waals surface area (Å²) in [4.78, 5) is 15.8. The monoisotopic (exact) mass is 322 g/mol. The molecule has 1 atom stereocenters. The van der Waals surface area contributed by atoms with Crippen molar-refractivity contribution >= 4 is 28.6 Å². The lowest BCUT2D eigenvalue weighted by Gasteiger charge is -2.34. The van der Waals surface area contributed by atoms with Crippen LogP contribution in [0.2, 0.25) is 0 Å². The molecule has 112 valence electrons. The van der Waals surface area contributed by atoms with Crippen molar-refractivity contribution in [3.8, 4) is 0 Å². The van der Waals surface area contributed by atoms with E-state index in [-0.39, 0.29) is 11.9 Å². The molecule has 1 N–H and O–H groups in total. The molecule has 1 saturated heterocycles. The molecule has 4 nitrogen and oxygen atoms in total. The Bertz CT molecular complexity index is 548. The van der Waals surface area contributed by atoms with Crippen LogP contribution in [0.3, 0.4) is 0 Å². The largest absolute Gasteiger partial charge is 0.379 e. The van der Waals surface area contributed by atoms with Crippen molar-refractivity contribution in [2.45, 2.75) is 6.04 Å². The van der Waals surface area contributed by atoms with Gasteiger partial charge in [0.05, 0.1) is 19.3 Å². The molecular formula is C15H18N2O2S2. The molecule has 0 radical (unpaired) electrons. The Labute approximate surface area is 132 Å². The Morgan fingerprint density at radius 1 is 1.33 bits per heavy atom. The van der Waals surface area contributed by atoms with E-state index in [4.69, 9.17) is 4.74 Å². The molecule has 0 saturated carbocycles. The van der Waals surface area contributed by atoms with E-state index < -0.39 is 0 Å². The third-order valence-corrected chi connectivity index (χ3v) is 5.25. The molecule has 2 aromatic rings. The minimum atomic E-state index is 0.00562. The molecule has 3 heterocycles. The summed E-state index contributed by atoms with van der Waals surface area (Å²) in [6.07, 6.45) is 0. The summed E-state index contributed by atoms with van der Waals surface area (Å²) in [5.74, 6) is 0.00562. The van der Waals surface area contributed by atoms with Crippen LogP contribution in [0.15, 0.2) is 34.3 Å². The summed E-state index contributed by atoms with van der Waals surface area (Å²) in [6, 6.07) is 6.29. The maximum absolute atomic E-state index is 12.1. The number of ether oxygens (including phenoxy) is 1. The normalized spacial score (nSPS) is 17.5. The van der Waals surface area contributed by atoms with Crippen LogP contribution < -0.4 is 5.32 Å². The Balaban J connectivity index is 1.66. The van der Waals surface area contributed by atoms with Crippen molar-refractivity contribution < 1.29 is 9.53 Å². The smallest absolute Gasteiger partial charge is 0.252 e. The fourth-order valence-electron chi connectivity index (χ4n) is 2.46. The van der Waals surface area contributed by atoms with Crippen LogP contribution in [0, 0.1) is 0 Å². The second kappa shape index (κ2) is 7.17. The highest BCUT2D eigenvalue weighted by Crippen LogP contribution is 2.25. The highest BCUT2D eigenvalue weighted by Gasteiger charge is 2.24. The lowest BCUT2D eigenvalue weighted by atomic mass is 10.2. The molecule has 2 aromatic heterocycles. The molecule has 1 unspecified atom stereocenters. The number of carbonyl (C=O) groups is 1. The van der Waals surface area contributed by atoms with Crippen molar-refractivity contribution in [1.29, 1.82) is 0 Å². The summed E-state index contributed by atoms with van der Waals surface area (Å²) in [7, 11) is 0. The SMILES string of the molecule is O=C(NCC(c1cccs1)N1CCOCC1)c1ccsc1. The molecule has 21 heavy (non-hydrogen) atoms. The van der Waals surface area contributed by atoms with Crippen LogP contribution in [0.25, 0.3) is 0 Å². The van der Waals surface area contributed by atoms with Crippen molar-refractivity contribution in [2.75, 3.05) is 32.8 Å². The van der Waals surface area contributed by atoms with Crippen molar-refractivity contribution in [1.82, 2.24) is 10.2 Å². The van der Waals surface area contributed by atoms with E-state index >= 15 is 0 Å². The fraction of sp³-hybridized carbons (Fsp3) is 0.400. The maximum atomic E-state index is 12.1. The van der Waals surface area contributed by atoms with Crippen LogP contribution in [-0.2, 0) is 4.74 Å². The molecule has 3 rings (SSSR count). The quantitative estimate of drug-likeness (QED) is 0.920. The number of nitrogens with one attached hydrogen (secondary N) is 1. The van der Waals surface area contributed by atoms with Gasteiger partial charge in [0, 0.05) is 35.5 Å². The summed E-state index contributed by atoms with van der Waals surface area (Å²) in [6.45, 7) is 3.99. The van der Waals surface area contributed by atoms with Gasteiger partial charge in [0.15, 0.2) is 0 Å². The minimum Gasteiger partial charge on any atom is -0.379 e. The Hall–Kier alpha value is -1.21. The van der Waals surface area contributed by atoms with Crippen molar-refractivity contribution in [2.24, 2.45) is 0 Å². The van der Waals surface area contributed by atoms with Gasteiger partial charge in [-0.1, -0.05) is 6.07 Å². The predicted octanol–water partition coefficient (Wildman–Crippen LogP) is 2.61. The molecule has 0 bridgehead atoms. The average Bonchev–Trinajstić information content (AvgIpc) is 3.22. The first kappa shape index (κ1) is 14.7. The summed E-state index contributed by atoms with van der Waals surface area (Å²) in [5, 5.41) is 8.95. The van der Waals surface area contributed by atoms with Crippen LogP contribution in [-0.4, -0.2) is 43.7 Å². The molecule has 0 aromatic carbocycles. The standard InChI is InChI=1S/C15H18N2O2S2/c18-15(12-3-9-20-11-12)16-10-13(14-2-1-8-21-14)17-4-6-19-7-5-17/h1-3,8-9,11,13H,4-7,10H2,(H,16,18). The number of carbonyl (C=O) groups excluding carboxylic acids is 1. The zero-order valence-electron chi connectivity index (χ0n) is 11.7. The third-order valence-electron chi connectivity index (χ3n) is 3.60. The highest BCUT2D eigenvalue weighted by atomic mass is 32.1. The van der Waals surface area contributed by atoms with E-state index in [1.807, 2.05) is 16.8 Å². The minimum absolute atomic E-state index is 0.00562. The molecule has 0 aliphatic carbocycles. The number of hydrogen-bond donors (Lipinski definition) is 1. The van der Waals surface area contributed by atoms with Gasteiger partial charge in [0.1, 0.15) is 0 Å². The zero-order valence-corrected chi connectivity index (χ0v) is 13.3. The maximum Gasteiger partial charge on any atom is 0.252 e. The van der Waals surface area contributed by atoms with Gasteiger partial charge in [-0.2, -0.15) is 11.3 Å². The molecule has 1 aliphatic rings. The second-order valence-corrected chi connectivity index (χ2v) is 6.66. The topological polar surface area (TPSA) is 41.6 Å². The number of rotatable bonds is 5. The van der Waals surface area contributed by atoms with Crippen LogP contribution in [0.5, 0.6) is 0 Å². The summed E-state index contributed by atoms with van der Waals surface area (Å²) >= 11 is 3.28. The Morgan fingerprint density at radius 3 is 2.86 bits per heavy atom. The zero-order chi connectivity index (χ0) is 14.5. The van der Waals surface area contributed by atoms with Crippen LogP contribution in [0.4, 0.5) is 0 Å². The van der Waals surface area contributed by atoms with Gasteiger partial charge in [0.25, 0.3) is 5.91 Å². The fourth-order valence-corrected chi connectivity index (χ4v) is 3.96. The van der Waals surface area contributed by atoms with Crippen molar-refractivity contribution in [3.05, 3.63) is 44.8 Å². The molecular weight excluding hydrogens is 304 g/mol. The van der Waals surface area contributed by atoms with Crippen LogP contribution >= 0.6 is 22.7 Å². The van der Waals surface area contributed by atoms with E-state index in [2.05, 4.69) is 27.7 Å². The van der Waals surface area contributed by atoms with Crippen molar-refractivity contribution in [3.63, 3.8) is 0 Å². The van der Waals surface area contributed by atoms with E-state index in [0.717, 1.165) is 31.9 Å². The van der Waals surface area contributed by atoms with Gasteiger partial charge >= 0.3 is 0 Å². The summed E-state index contributed by atoms with van der Waals surface area (Å²) < 4.78 is 5.43. The first-order valence-electron chi connectivity index (χ1n) is 7.00. The Morgan fingerprint density at radius 2 is 2.19 bits per heavy atom. The van der Waals surface area contributed by atoms with E-state index in [0.29, 0.717) is 6.54 Å². The number of morpholine rings is 1.